The number of benzene rings is 1. The number of fused-ring (bicyclic) bond motifs is 1. The second-order valence-corrected chi connectivity index (χ2v) is 3.74. The first-order chi connectivity index (χ1) is 7.25. The molecule has 0 radical (unpaired) electrons. The van der Waals surface area contributed by atoms with Crippen LogP contribution in [0.25, 0.3) is 11.0 Å². The molecule has 78 valence electrons. The summed E-state index contributed by atoms with van der Waals surface area (Å²) in [5.41, 5.74) is 2.77. The molecule has 15 heavy (non-hydrogen) atoms. The number of hydrogen-bond acceptors (Lipinski definition) is 3. The van der Waals surface area contributed by atoms with Gasteiger partial charge in [-0.1, -0.05) is 12.1 Å². The third kappa shape index (κ3) is 2.50. The number of para-hydroxylation sites is 2. The van der Waals surface area contributed by atoms with Gasteiger partial charge in [0.15, 0.2) is 0 Å². The molecule has 1 aromatic carbocycles. The standard InChI is InChI=1S/C12H14N2O/c1-9(15)6-7-10-8-13-11-4-2-3-5-12(11)14-10/h2-5,8-9,15H,6-7H2,1H3/t9-/m1/s1. The Kier molecular flexibility index (Phi) is 2.92. The summed E-state index contributed by atoms with van der Waals surface area (Å²) in [5.74, 6) is 0. The molecule has 0 saturated carbocycles. The van der Waals surface area contributed by atoms with Gasteiger partial charge in [0.25, 0.3) is 0 Å². The van der Waals surface area contributed by atoms with Crippen LogP contribution < -0.4 is 0 Å². The molecule has 1 N–H and O–H groups in total. The number of aryl methyl sites for hydroxylation is 1. The van der Waals surface area contributed by atoms with Crippen LogP contribution in [0.2, 0.25) is 0 Å². The Morgan fingerprint density at radius 2 is 2.00 bits per heavy atom. The second-order valence-electron chi connectivity index (χ2n) is 3.74. The van der Waals surface area contributed by atoms with Gasteiger partial charge in [-0.2, -0.15) is 0 Å². The van der Waals surface area contributed by atoms with Gasteiger partial charge in [0.2, 0.25) is 0 Å². The molecule has 0 aliphatic rings. The summed E-state index contributed by atoms with van der Waals surface area (Å²) in [6.45, 7) is 1.79. The molecule has 0 unspecified atom stereocenters. The molecule has 1 atom stereocenters. The predicted octanol–water partition coefficient (Wildman–Crippen LogP) is 1.94. The van der Waals surface area contributed by atoms with Crippen molar-refractivity contribution >= 4 is 11.0 Å². The normalized spacial score (nSPS) is 12.9. The van der Waals surface area contributed by atoms with E-state index in [1.165, 1.54) is 0 Å². The fraction of sp³-hybridized carbons (Fsp3) is 0.333. The van der Waals surface area contributed by atoms with Crippen molar-refractivity contribution in [2.75, 3.05) is 0 Å². The first kappa shape index (κ1) is 10.1. The van der Waals surface area contributed by atoms with Crippen LogP contribution in [-0.2, 0) is 6.42 Å². The summed E-state index contributed by atoms with van der Waals surface area (Å²) < 4.78 is 0. The summed E-state index contributed by atoms with van der Waals surface area (Å²) in [4.78, 5) is 8.79. The minimum Gasteiger partial charge on any atom is -0.393 e. The van der Waals surface area contributed by atoms with Gasteiger partial charge >= 0.3 is 0 Å². The second kappa shape index (κ2) is 4.36. The molecule has 2 aromatic rings. The van der Waals surface area contributed by atoms with Gasteiger partial charge in [-0.15, -0.1) is 0 Å². The summed E-state index contributed by atoms with van der Waals surface area (Å²) in [7, 11) is 0. The third-order valence-electron chi connectivity index (χ3n) is 2.32. The Morgan fingerprint density at radius 3 is 2.73 bits per heavy atom. The van der Waals surface area contributed by atoms with Crippen molar-refractivity contribution < 1.29 is 5.11 Å². The van der Waals surface area contributed by atoms with E-state index >= 15 is 0 Å². The van der Waals surface area contributed by atoms with Crippen LogP contribution in [-0.4, -0.2) is 21.2 Å². The maximum absolute atomic E-state index is 9.18. The number of aliphatic hydroxyl groups excluding tert-OH is 1. The number of aromatic nitrogens is 2. The topological polar surface area (TPSA) is 46.0 Å². The average molecular weight is 202 g/mol. The molecule has 0 spiro atoms. The van der Waals surface area contributed by atoms with E-state index in [-0.39, 0.29) is 6.10 Å². The Hall–Kier alpha value is -1.48. The highest BCUT2D eigenvalue weighted by Gasteiger charge is 2.01. The quantitative estimate of drug-likeness (QED) is 0.827. The fourth-order valence-electron chi connectivity index (χ4n) is 1.47. The van der Waals surface area contributed by atoms with Gasteiger partial charge in [-0.25, -0.2) is 4.98 Å². The molecule has 2 rings (SSSR count). The van der Waals surface area contributed by atoms with Gasteiger partial charge in [-0.05, 0) is 31.9 Å². The molecular weight excluding hydrogens is 188 g/mol. The zero-order chi connectivity index (χ0) is 10.7. The van der Waals surface area contributed by atoms with Crippen LogP contribution in [0.15, 0.2) is 30.5 Å². The van der Waals surface area contributed by atoms with E-state index in [1.54, 1.807) is 13.1 Å². The summed E-state index contributed by atoms with van der Waals surface area (Å²) in [6, 6.07) is 7.80. The Labute approximate surface area is 88.8 Å². The summed E-state index contributed by atoms with van der Waals surface area (Å²) in [6.07, 6.45) is 3.01. The maximum Gasteiger partial charge on any atom is 0.0890 e. The van der Waals surface area contributed by atoms with E-state index in [4.69, 9.17) is 0 Å². The smallest absolute Gasteiger partial charge is 0.0890 e. The molecule has 0 amide bonds. The lowest BCUT2D eigenvalue weighted by Crippen LogP contribution is -2.03. The van der Waals surface area contributed by atoms with E-state index in [2.05, 4.69) is 9.97 Å². The molecule has 0 aliphatic heterocycles. The van der Waals surface area contributed by atoms with Crippen LogP contribution in [0, 0.1) is 0 Å². The van der Waals surface area contributed by atoms with Crippen LogP contribution in [0.1, 0.15) is 19.0 Å². The average Bonchev–Trinajstić information content (AvgIpc) is 2.26. The van der Waals surface area contributed by atoms with Crippen LogP contribution in [0.4, 0.5) is 0 Å². The lowest BCUT2D eigenvalue weighted by Gasteiger charge is -2.04. The minimum atomic E-state index is -0.279. The van der Waals surface area contributed by atoms with Crippen molar-refractivity contribution in [3.8, 4) is 0 Å². The van der Waals surface area contributed by atoms with Crippen molar-refractivity contribution in [2.24, 2.45) is 0 Å². The number of nitrogens with zero attached hydrogens (tertiary/aromatic N) is 2. The Balaban J connectivity index is 2.23. The molecule has 1 heterocycles. The SMILES string of the molecule is C[C@@H](O)CCc1cnc2ccccc2n1. The number of aliphatic hydroxyl groups is 1. The van der Waals surface area contributed by atoms with E-state index < -0.39 is 0 Å². The van der Waals surface area contributed by atoms with E-state index in [9.17, 15) is 5.11 Å². The van der Waals surface area contributed by atoms with Gasteiger partial charge < -0.3 is 5.11 Å². The zero-order valence-electron chi connectivity index (χ0n) is 8.72. The Bertz CT molecular complexity index is 454. The fourth-order valence-corrected chi connectivity index (χ4v) is 1.47. The third-order valence-corrected chi connectivity index (χ3v) is 2.32. The largest absolute Gasteiger partial charge is 0.393 e. The molecule has 1 aromatic heterocycles. The van der Waals surface area contributed by atoms with Gasteiger partial charge in [0.1, 0.15) is 0 Å². The maximum atomic E-state index is 9.18. The summed E-state index contributed by atoms with van der Waals surface area (Å²) >= 11 is 0. The molecular formula is C12H14N2O. The predicted molar refractivity (Wildman–Crippen MR) is 59.5 cm³/mol. The lowest BCUT2D eigenvalue weighted by molar-refractivity contribution is 0.184. The lowest BCUT2D eigenvalue weighted by atomic mass is 10.2. The molecule has 0 bridgehead atoms. The molecule has 0 saturated heterocycles. The number of hydrogen-bond donors (Lipinski definition) is 1. The highest BCUT2D eigenvalue weighted by atomic mass is 16.3. The van der Waals surface area contributed by atoms with E-state index in [1.807, 2.05) is 24.3 Å². The van der Waals surface area contributed by atoms with Gasteiger partial charge in [0, 0.05) is 6.20 Å². The molecule has 0 aliphatic carbocycles. The first-order valence-corrected chi connectivity index (χ1v) is 5.14. The molecule has 0 fully saturated rings. The van der Waals surface area contributed by atoms with Crippen LogP contribution in [0.5, 0.6) is 0 Å². The minimum absolute atomic E-state index is 0.279. The summed E-state index contributed by atoms with van der Waals surface area (Å²) in [5, 5.41) is 9.18. The highest BCUT2D eigenvalue weighted by Crippen LogP contribution is 2.09. The zero-order valence-corrected chi connectivity index (χ0v) is 8.72. The Morgan fingerprint density at radius 1 is 1.27 bits per heavy atom. The highest BCUT2D eigenvalue weighted by molar-refractivity contribution is 5.73. The van der Waals surface area contributed by atoms with Crippen molar-refractivity contribution in [2.45, 2.75) is 25.9 Å². The van der Waals surface area contributed by atoms with Crippen molar-refractivity contribution in [1.82, 2.24) is 9.97 Å². The monoisotopic (exact) mass is 202 g/mol. The van der Waals surface area contributed by atoms with Crippen LogP contribution >= 0.6 is 0 Å². The van der Waals surface area contributed by atoms with E-state index in [0.717, 1.165) is 29.6 Å². The van der Waals surface area contributed by atoms with Crippen molar-refractivity contribution in [3.05, 3.63) is 36.2 Å². The van der Waals surface area contributed by atoms with Gasteiger partial charge in [-0.3, -0.25) is 4.98 Å². The van der Waals surface area contributed by atoms with E-state index in [0.29, 0.717) is 0 Å². The molecule has 3 nitrogen and oxygen atoms in total. The van der Waals surface area contributed by atoms with Crippen LogP contribution in [0.3, 0.4) is 0 Å². The van der Waals surface area contributed by atoms with Gasteiger partial charge in [0.05, 0.1) is 22.8 Å². The molecule has 3 heteroatoms. The first-order valence-electron chi connectivity index (χ1n) is 5.14. The van der Waals surface area contributed by atoms with Crippen molar-refractivity contribution in [1.29, 1.82) is 0 Å². The van der Waals surface area contributed by atoms with Crippen molar-refractivity contribution in [3.63, 3.8) is 0 Å². The number of rotatable bonds is 3.